The molecule has 0 aromatic carbocycles. The average molecular weight is 218 g/mol. The highest BCUT2D eigenvalue weighted by Gasteiger charge is 2.40. The van der Waals surface area contributed by atoms with Crippen molar-refractivity contribution in [1.82, 2.24) is 0 Å². The summed E-state index contributed by atoms with van der Waals surface area (Å²) in [6.45, 7) is 0.843. The lowest BCUT2D eigenvalue weighted by Crippen LogP contribution is -2.52. The van der Waals surface area contributed by atoms with Crippen molar-refractivity contribution in [3.8, 4) is 0 Å². The van der Waals surface area contributed by atoms with Crippen LogP contribution in [0.4, 0.5) is 0 Å². The first kappa shape index (κ1) is 12.1. The van der Waals surface area contributed by atoms with Crippen molar-refractivity contribution in [2.45, 2.75) is 25.2 Å². The number of rotatable bonds is 3. The van der Waals surface area contributed by atoms with E-state index in [2.05, 4.69) is 0 Å². The van der Waals surface area contributed by atoms with E-state index in [1.807, 2.05) is 0 Å². The molecule has 1 heterocycles. The molecule has 2 N–H and O–H groups in total. The van der Waals surface area contributed by atoms with Gasteiger partial charge in [0.1, 0.15) is 18.5 Å². The van der Waals surface area contributed by atoms with Crippen LogP contribution in [-0.4, -0.2) is 54.0 Å². The second-order valence-electron chi connectivity index (χ2n) is 3.41. The molecule has 6 heteroatoms. The van der Waals surface area contributed by atoms with Crippen LogP contribution in [0.3, 0.4) is 0 Å². The third-order valence-electron chi connectivity index (χ3n) is 2.33. The molecule has 1 aliphatic rings. The summed E-state index contributed by atoms with van der Waals surface area (Å²) in [6.07, 6.45) is -2.21. The highest BCUT2D eigenvalue weighted by molar-refractivity contribution is 5.67. The quantitative estimate of drug-likeness (QED) is 0.441. The Kier molecular flexibility index (Phi) is 4.19. The smallest absolute Gasteiger partial charge is 0.303 e. The van der Waals surface area contributed by atoms with Gasteiger partial charge in [-0.05, 0) is 0 Å². The SMILES string of the molecule is CC(=O)OC1COC(CO)C(O)C1C=O. The van der Waals surface area contributed by atoms with E-state index in [0.29, 0.717) is 6.29 Å². The van der Waals surface area contributed by atoms with Crippen LogP contribution in [0.5, 0.6) is 0 Å². The fraction of sp³-hybridized carbons (Fsp3) is 0.778. The van der Waals surface area contributed by atoms with Crippen LogP contribution < -0.4 is 0 Å². The minimum Gasteiger partial charge on any atom is -0.459 e. The van der Waals surface area contributed by atoms with Crippen molar-refractivity contribution in [3.05, 3.63) is 0 Å². The van der Waals surface area contributed by atoms with Gasteiger partial charge in [0.25, 0.3) is 0 Å². The highest BCUT2D eigenvalue weighted by Crippen LogP contribution is 2.22. The van der Waals surface area contributed by atoms with E-state index < -0.39 is 30.2 Å². The second-order valence-corrected chi connectivity index (χ2v) is 3.41. The molecule has 1 saturated heterocycles. The fourth-order valence-corrected chi connectivity index (χ4v) is 1.55. The molecule has 0 aromatic rings. The van der Waals surface area contributed by atoms with Crippen molar-refractivity contribution in [2.24, 2.45) is 5.92 Å². The lowest BCUT2D eigenvalue weighted by molar-refractivity contribution is -0.189. The molecule has 0 aromatic heterocycles. The third-order valence-corrected chi connectivity index (χ3v) is 2.33. The Hall–Kier alpha value is -0.980. The van der Waals surface area contributed by atoms with E-state index in [4.69, 9.17) is 14.6 Å². The Bertz CT molecular complexity index is 241. The fourth-order valence-electron chi connectivity index (χ4n) is 1.55. The monoisotopic (exact) mass is 218 g/mol. The van der Waals surface area contributed by atoms with Gasteiger partial charge in [0.2, 0.25) is 0 Å². The molecule has 4 unspecified atom stereocenters. The number of carbonyl (C=O) groups is 2. The Morgan fingerprint density at radius 2 is 2.33 bits per heavy atom. The van der Waals surface area contributed by atoms with Gasteiger partial charge in [-0.15, -0.1) is 0 Å². The van der Waals surface area contributed by atoms with Crippen molar-refractivity contribution in [2.75, 3.05) is 13.2 Å². The normalized spacial score (nSPS) is 35.9. The minimum atomic E-state index is -1.15. The minimum absolute atomic E-state index is 0.00523. The summed E-state index contributed by atoms with van der Waals surface area (Å²) in [6, 6.07) is 0. The summed E-state index contributed by atoms with van der Waals surface area (Å²) in [4.78, 5) is 21.4. The molecule has 0 bridgehead atoms. The largest absolute Gasteiger partial charge is 0.459 e. The van der Waals surface area contributed by atoms with Crippen LogP contribution in [0, 0.1) is 5.92 Å². The summed E-state index contributed by atoms with van der Waals surface area (Å²) in [5.74, 6) is -1.38. The molecular formula is C9H14O6. The van der Waals surface area contributed by atoms with Crippen LogP contribution in [0.1, 0.15) is 6.92 Å². The van der Waals surface area contributed by atoms with Gasteiger partial charge in [0.05, 0.1) is 25.2 Å². The number of hydrogen-bond donors (Lipinski definition) is 2. The molecule has 0 spiro atoms. The summed E-state index contributed by atoms with van der Waals surface area (Å²) in [5.41, 5.74) is 0. The molecule has 0 saturated carbocycles. The first-order chi connectivity index (χ1) is 7.10. The number of carbonyl (C=O) groups excluding carboxylic acids is 2. The van der Waals surface area contributed by atoms with Gasteiger partial charge >= 0.3 is 5.97 Å². The van der Waals surface area contributed by atoms with Crippen molar-refractivity contribution < 1.29 is 29.3 Å². The van der Waals surface area contributed by atoms with E-state index in [9.17, 15) is 14.7 Å². The highest BCUT2D eigenvalue weighted by atomic mass is 16.6. The topological polar surface area (TPSA) is 93.1 Å². The molecule has 0 amide bonds. The maximum Gasteiger partial charge on any atom is 0.303 e. The number of hydrogen-bond acceptors (Lipinski definition) is 6. The maximum absolute atomic E-state index is 10.7. The zero-order valence-corrected chi connectivity index (χ0v) is 8.33. The van der Waals surface area contributed by atoms with Crippen molar-refractivity contribution in [3.63, 3.8) is 0 Å². The molecule has 86 valence electrons. The summed E-state index contributed by atoms with van der Waals surface area (Å²) < 4.78 is 9.87. The molecule has 6 nitrogen and oxygen atoms in total. The molecule has 15 heavy (non-hydrogen) atoms. The molecule has 1 rings (SSSR count). The van der Waals surface area contributed by atoms with Gasteiger partial charge in [-0.25, -0.2) is 0 Å². The number of aliphatic hydroxyl groups is 2. The predicted molar refractivity (Wildman–Crippen MR) is 47.9 cm³/mol. The standard InChI is InChI=1S/C9H14O6/c1-5(12)15-8-4-14-7(3-11)9(13)6(8)2-10/h2,6-9,11,13H,3-4H2,1H3. The molecular weight excluding hydrogens is 204 g/mol. The molecule has 0 aliphatic carbocycles. The molecule has 1 aliphatic heterocycles. The van der Waals surface area contributed by atoms with Crippen molar-refractivity contribution >= 4 is 12.3 Å². The van der Waals surface area contributed by atoms with E-state index in [1.165, 1.54) is 6.92 Å². The average Bonchev–Trinajstić information content (AvgIpc) is 2.18. The zero-order valence-electron chi connectivity index (χ0n) is 8.33. The summed E-state index contributed by atoms with van der Waals surface area (Å²) in [7, 11) is 0. The van der Waals surface area contributed by atoms with Gasteiger partial charge in [-0.2, -0.15) is 0 Å². The number of esters is 1. The maximum atomic E-state index is 10.7. The lowest BCUT2D eigenvalue weighted by Gasteiger charge is -2.36. The Balaban J connectivity index is 2.68. The van der Waals surface area contributed by atoms with E-state index in [1.54, 1.807) is 0 Å². The zero-order chi connectivity index (χ0) is 11.4. The van der Waals surface area contributed by atoms with E-state index in [-0.39, 0.29) is 13.2 Å². The Morgan fingerprint density at radius 1 is 1.67 bits per heavy atom. The molecule has 1 fully saturated rings. The van der Waals surface area contributed by atoms with E-state index in [0.717, 1.165) is 0 Å². The van der Waals surface area contributed by atoms with Gasteiger partial charge < -0.3 is 24.5 Å². The lowest BCUT2D eigenvalue weighted by atomic mass is 9.91. The van der Waals surface area contributed by atoms with E-state index >= 15 is 0 Å². The van der Waals surface area contributed by atoms with Gasteiger partial charge in [0.15, 0.2) is 0 Å². The Labute approximate surface area is 86.8 Å². The number of aldehydes is 1. The second kappa shape index (κ2) is 5.20. The van der Waals surface area contributed by atoms with Crippen LogP contribution in [0.2, 0.25) is 0 Å². The predicted octanol–water partition coefficient (Wildman–Crippen LogP) is -1.51. The number of aliphatic hydroxyl groups excluding tert-OH is 2. The van der Waals surface area contributed by atoms with Crippen molar-refractivity contribution in [1.29, 1.82) is 0 Å². The molecule has 4 atom stereocenters. The van der Waals surface area contributed by atoms with Gasteiger partial charge in [-0.1, -0.05) is 0 Å². The first-order valence-electron chi connectivity index (χ1n) is 4.63. The summed E-state index contributed by atoms with van der Waals surface area (Å²) >= 11 is 0. The van der Waals surface area contributed by atoms with Gasteiger partial charge in [-0.3, -0.25) is 4.79 Å². The van der Waals surface area contributed by atoms with Crippen LogP contribution in [-0.2, 0) is 19.1 Å². The number of ether oxygens (including phenoxy) is 2. The first-order valence-corrected chi connectivity index (χ1v) is 4.63. The Morgan fingerprint density at radius 3 is 2.80 bits per heavy atom. The molecule has 0 radical (unpaired) electrons. The third kappa shape index (κ3) is 2.74. The van der Waals surface area contributed by atoms with Crippen LogP contribution in [0.25, 0.3) is 0 Å². The summed E-state index contributed by atoms with van der Waals surface area (Å²) in [5, 5.41) is 18.4. The van der Waals surface area contributed by atoms with Crippen LogP contribution in [0.15, 0.2) is 0 Å². The van der Waals surface area contributed by atoms with Gasteiger partial charge in [0, 0.05) is 6.92 Å². The van der Waals surface area contributed by atoms with Crippen LogP contribution >= 0.6 is 0 Å².